The van der Waals surface area contributed by atoms with Crippen molar-refractivity contribution in [3.8, 4) is 0 Å². The molecule has 0 bridgehead atoms. The molecule has 2 aromatic heterocycles. The highest BCUT2D eigenvalue weighted by Crippen LogP contribution is 2.24. The van der Waals surface area contributed by atoms with Gasteiger partial charge >= 0.3 is 0 Å². The van der Waals surface area contributed by atoms with Crippen LogP contribution in [0.1, 0.15) is 0 Å². The van der Waals surface area contributed by atoms with Crippen LogP contribution in [0, 0.1) is 0 Å². The molecule has 0 N–H and O–H groups in total. The minimum absolute atomic E-state index is 0.732. The summed E-state index contributed by atoms with van der Waals surface area (Å²) in [4.78, 5) is 4.27. The van der Waals surface area contributed by atoms with E-state index < -0.39 is 0 Å². The molecule has 74 valence electrons. The minimum atomic E-state index is 0.732. The fourth-order valence-corrected chi connectivity index (χ4v) is 2.36. The van der Waals surface area contributed by atoms with Crippen molar-refractivity contribution in [1.82, 2.24) is 9.38 Å². The van der Waals surface area contributed by atoms with Gasteiger partial charge in [-0.1, -0.05) is 17.7 Å². The average Bonchev–Trinajstić information content (AvgIpc) is 2.60. The van der Waals surface area contributed by atoms with Gasteiger partial charge in [0.25, 0.3) is 0 Å². The lowest BCUT2D eigenvalue weighted by Gasteiger charge is -2.03. The van der Waals surface area contributed by atoms with Crippen LogP contribution in [-0.2, 0) is 0 Å². The maximum atomic E-state index is 5.99. The smallest absolute Gasteiger partial charge is 0.138 e. The van der Waals surface area contributed by atoms with Gasteiger partial charge in [-0.2, -0.15) is 0 Å². The molecule has 0 unspecified atom stereocenters. The summed E-state index contributed by atoms with van der Waals surface area (Å²) >= 11 is 9.46. The third-order valence-corrected chi connectivity index (χ3v) is 3.19. The first-order chi connectivity index (χ1) is 7.25. The van der Waals surface area contributed by atoms with Gasteiger partial charge < -0.3 is 0 Å². The first-order valence-corrected chi connectivity index (χ1v) is 5.64. The van der Waals surface area contributed by atoms with Crippen molar-refractivity contribution in [2.24, 2.45) is 0 Å². The molecule has 0 aliphatic carbocycles. The molecule has 0 atom stereocenters. The molecule has 0 saturated carbocycles. The summed E-state index contributed by atoms with van der Waals surface area (Å²) in [7, 11) is 0. The Morgan fingerprint density at radius 2 is 2.00 bits per heavy atom. The van der Waals surface area contributed by atoms with Crippen LogP contribution >= 0.6 is 27.5 Å². The zero-order valence-corrected chi connectivity index (χ0v) is 9.96. The molecular formula is C11H6BrClN2. The Balaban J connectivity index is 2.61. The quantitative estimate of drug-likeness (QED) is 0.611. The number of fused-ring (bicyclic) bond motifs is 3. The van der Waals surface area contributed by atoms with Crippen LogP contribution in [0.5, 0.6) is 0 Å². The Morgan fingerprint density at radius 3 is 2.87 bits per heavy atom. The molecule has 2 nitrogen and oxygen atoms in total. The lowest BCUT2D eigenvalue weighted by molar-refractivity contribution is 1.22. The second-order valence-corrected chi connectivity index (χ2v) is 4.56. The topological polar surface area (TPSA) is 17.3 Å². The lowest BCUT2D eigenvalue weighted by Crippen LogP contribution is -1.87. The maximum Gasteiger partial charge on any atom is 0.138 e. The van der Waals surface area contributed by atoms with E-state index in [4.69, 9.17) is 11.6 Å². The molecule has 15 heavy (non-hydrogen) atoms. The van der Waals surface area contributed by atoms with E-state index in [0.717, 1.165) is 26.2 Å². The van der Waals surface area contributed by atoms with Crippen LogP contribution in [0.25, 0.3) is 16.6 Å². The third kappa shape index (κ3) is 1.34. The highest BCUT2D eigenvalue weighted by molar-refractivity contribution is 9.10. The maximum absolute atomic E-state index is 5.99. The molecular weight excluding hydrogens is 275 g/mol. The number of hydrogen-bond donors (Lipinski definition) is 0. The summed E-state index contributed by atoms with van der Waals surface area (Å²) in [6.45, 7) is 0. The third-order valence-electron chi connectivity index (χ3n) is 2.39. The van der Waals surface area contributed by atoms with Crippen molar-refractivity contribution in [2.45, 2.75) is 0 Å². The Morgan fingerprint density at radius 1 is 1.20 bits per heavy atom. The van der Waals surface area contributed by atoms with E-state index in [2.05, 4.69) is 20.9 Å². The Kier molecular flexibility index (Phi) is 1.97. The highest BCUT2D eigenvalue weighted by atomic mass is 79.9. The Bertz CT molecular complexity index is 660. The van der Waals surface area contributed by atoms with Gasteiger partial charge in [-0.15, -0.1) is 0 Å². The molecule has 0 radical (unpaired) electrons. The van der Waals surface area contributed by atoms with Crippen LogP contribution in [0.2, 0.25) is 5.02 Å². The molecule has 3 rings (SSSR count). The van der Waals surface area contributed by atoms with Gasteiger partial charge in [-0.25, -0.2) is 4.98 Å². The number of aromatic nitrogens is 2. The Hall–Kier alpha value is -1.06. The van der Waals surface area contributed by atoms with E-state index in [1.807, 2.05) is 34.7 Å². The molecule has 4 heteroatoms. The van der Waals surface area contributed by atoms with E-state index in [9.17, 15) is 0 Å². The molecule has 0 amide bonds. The van der Waals surface area contributed by atoms with Gasteiger partial charge in [-0.3, -0.25) is 4.40 Å². The summed E-state index contributed by atoms with van der Waals surface area (Å²) < 4.78 is 2.96. The van der Waals surface area contributed by atoms with Crippen molar-refractivity contribution in [1.29, 1.82) is 0 Å². The predicted molar refractivity (Wildman–Crippen MR) is 65.4 cm³/mol. The monoisotopic (exact) mass is 280 g/mol. The zero-order chi connectivity index (χ0) is 10.4. The number of pyridine rings is 1. The summed E-state index contributed by atoms with van der Waals surface area (Å²) in [5.74, 6) is 0. The zero-order valence-electron chi connectivity index (χ0n) is 7.61. The van der Waals surface area contributed by atoms with Gasteiger partial charge in [0.05, 0.1) is 11.7 Å². The van der Waals surface area contributed by atoms with Crippen molar-refractivity contribution >= 4 is 44.1 Å². The number of imidazole rings is 1. The summed E-state index contributed by atoms with van der Waals surface area (Å²) in [5.41, 5.74) is 1.97. The summed E-state index contributed by atoms with van der Waals surface area (Å²) in [6.07, 6.45) is 1.79. The predicted octanol–water partition coefficient (Wildman–Crippen LogP) is 3.90. The van der Waals surface area contributed by atoms with E-state index in [-0.39, 0.29) is 0 Å². The molecule has 0 fully saturated rings. The number of rotatable bonds is 0. The summed E-state index contributed by atoms with van der Waals surface area (Å²) in [6, 6.07) is 9.86. The van der Waals surface area contributed by atoms with Gasteiger partial charge in [0, 0.05) is 5.02 Å². The van der Waals surface area contributed by atoms with Crippen molar-refractivity contribution < 1.29 is 0 Å². The van der Waals surface area contributed by atoms with E-state index in [0.29, 0.717) is 0 Å². The molecule has 0 spiro atoms. The van der Waals surface area contributed by atoms with Crippen molar-refractivity contribution in [3.05, 3.63) is 46.2 Å². The fraction of sp³-hybridized carbons (Fsp3) is 0. The van der Waals surface area contributed by atoms with Gasteiger partial charge in [-0.05, 0) is 45.6 Å². The van der Waals surface area contributed by atoms with Crippen LogP contribution in [-0.4, -0.2) is 9.38 Å². The number of halogens is 2. The van der Waals surface area contributed by atoms with Crippen LogP contribution in [0.15, 0.2) is 41.1 Å². The van der Waals surface area contributed by atoms with E-state index >= 15 is 0 Å². The number of benzene rings is 1. The molecule has 3 aromatic rings. The molecule has 0 aliphatic rings. The van der Waals surface area contributed by atoms with E-state index in [1.165, 1.54) is 0 Å². The standard InChI is InChI=1S/C11H6BrClN2/c12-10-6-14-11-4-2-7-1-3-8(13)5-9(7)15(10)11/h1-6H. The van der Waals surface area contributed by atoms with E-state index in [1.54, 1.807) is 6.20 Å². The lowest BCUT2D eigenvalue weighted by atomic mass is 10.2. The Labute approximate surface area is 99.6 Å². The first-order valence-electron chi connectivity index (χ1n) is 4.47. The van der Waals surface area contributed by atoms with Gasteiger partial charge in [0.2, 0.25) is 0 Å². The second kappa shape index (κ2) is 3.22. The normalized spacial score (nSPS) is 11.3. The van der Waals surface area contributed by atoms with Crippen molar-refractivity contribution in [3.63, 3.8) is 0 Å². The van der Waals surface area contributed by atoms with Crippen LogP contribution in [0.3, 0.4) is 0 Å². The van der Waals surface area contributed by atoms with Crippen molar-refractivity contribution in [2.75, 3.05) is 0 Å². The van der Waals surface area contributed by atoms with Gasteiger partial charge in [0.15, 0.2) is 0 Å². The minimum Gasteiger partial charge on any atom is -0.287 e. The largest absolute Gasteiger partial charge is 0.287 e. The molecule has 0 aliphatic heterocycles. The fourth-order valence-electron chi connectivity index (χ4n) is 1.72. The number of hydrogen-bond acceptors (Lipinski definition) is 1. The van der Waals surface area contributed by atoms with Gasteiger partial charge in [0.1, 0.15) is 10.3 Å². The average molecular weight is 282 g/mol. The van der Waals surface area contributed by atoms with Crippen LogP contribution < -0.4 is 0 Å². The number of nitrogens with zero attached hydrogens (tertiary/aromatic N) is 2. The molecule has 1 aromatic carbocycles. The highest BCUT2D eigenvalue weighted by Gasteiger charge is 2.04. The SMILES string of the molecule is Clc1ccc2ccc3ncc(Br)n3c2c1. The molecule has 0 saturated heterocycles. The van der Waals surface area contributed by atoms with Crippen LogP contribution in [0.4, 0.5) is 0 Å². The second-order valence-electron chi connectivity index (χ2n) is 3.31. The summed E-state index contributed by atoms with van der Waals surface area (Å²) in [5, 5.41) is 1.88. The molecule has 2 heterocycles. The first kappa shape index (κ1) is 9.19.